The summed E-state index contributed by atoms with van der Waals surface area (Å²) in [4.78, 5) is 0. The molecule has 1 atom stereocenters. The number of thiol groups is 1. The van der Waals surface area contributed by atoms with Gasteiger partial charge in [-0.15, -0.1) is 0 Å². The molecule has 0 fully saturated rings. The summed E-state index contributed by atoms with van der Waals surface area (Å²) in [6.07, 6.45) is -0.589. The normalized spacial score (nSPS) is 12.5. The van der Waals surface area contributed by atoms with Gasteiger partial charge in [0.15, 0.2) is 0 Å². The number of aliphatic hydroxyl groups excluding tert-OH is 1. The van der Waals surface area contributed by atoms with Crippen molar-refractivity contribution in [3.05, 3.63) is 30.1 Å². The van der Waals surface area contributed by atoms with E-state index in [2.05, 4.69) is 12.6 Å². The number of rotatable bonds is 4. The maximum Gasteiger partial charge on any atom is 0.123 e. The van der Waals surface area contributed by atoms with Crippen LogP contribution in [0.3, 0.4) is 0 Å². The molecule has 0 saturated heterocycles. The minimum atomic E-state index is -0.589. The molecule has 13 heavy (non-hydrogen) atoms. The monoisotopic (exact) mass is 202 g/mol. The van der Waals surface area contributed by atoms with E-state index in [9.17, 15) is 4.39 Å². The Hall–Kier alpha value is -0.740. The highest BCUT2D eigenvalue weighted by Gasteiger charge is 2.01. The van der Waals surface area contributed by atoms with Crippen LogP contribution in [0.15, 0.2) is 24.3 Å². The maximum absolute atomic E-state index is 12.4. The van der Waals surface area contributed by atoms with Crippen molar-refractivity contribution in [3.8, 4) is 5.75 Å². The van der Waals surface area contributed by atoms with E-state index >= 15 is 0 Å². The first-order valence-corrected chi connectivity index (χ1v) is 4.53. The molecular formula is C9H11FO2S. The first-order valence-electron chi connectivity index (χ1n) is 3.89. The van der Waals surface area contributed by atoms with E-state index in [0.29, 0.717) is 11.5 Å². The van der Waals surface area contributed by atoms with E-state index in [0.717, 1.165) is 0 Å². The third-order valence-electron chi connectivity index (χ3n) is 1.47. The summed E-state index contributed by atoms with van der Waals surface area (Å²) in [5.41, 5.74) is 0. The first kappa shape index (κ1) is 10.3. The smallest absolute Gasteiger partial charge is 0.123 e. The quantitative estimate of drug-likeness (QED) is 0.724. The zero-order chi connectivity index (χ0) is 9.68. The van der Waals surface area contributed by atoms with Crippen LogP contribution in [0.2, 0.25) is 0 Å². The molecule has 1 unspecified atom stereocenters. The fourth-order valence-electron chi connectivity index (χ4n) is 0.776. The highest BCUT2D eigenvalue weighted by Crippen LogP contribution is 2.11. The van der Waals surface area contributed by atoms with Crippen molar-refractivity contribution in [2.75, 3.05) is 12.4 Å². The predicted molar refractivity (Wildman–Crippen MR) is 51.8 cm³/mol. The predicted octanol–water partition coefficient (Wildman–Crippen LogP) is 1.50. The van der Waals surface area contributed by atoms with Crippen LogP contribution < -0.4 is 4.74 Å². The molecule has 0 heterocycles. The topological polar surface area (TPSA) is 29.5 Å². The van der Waals surface area contributed by atoms with E-state index in [-0.39, 0.29) is 12.4 Å². The number of hydrogen-bond acceptors (Lipinski definition) is 3. The number of ether oxygens (including phenoxy) is 1. The second-order valence-corrected chi connectivity index (χ2v) is 2.97. The summed E-state index contributed by atoms with van der Waals surface area (Å²) in [5, 5.41) is 9.10. The van der Waals surface area contributed by atoms with Crippen LogP contribution in [-0.2, 0) is 0 Å². The lowest BCUT2D eigenvalue weighted by Crippen LogP contribution is -2.18. The van der Waals surface area contributed by atoms with E-state index in [1.165, 1.54) is 24.3 Å². The molecule has 1 rings (SSSR count). The Kier molecular flexibility index (Phi) is 4.05. The van der Waals surface area contributed by atoms with Gasteiger partial charge in [-0.25, -0.2) is 4.39 Å². The Balaban J connectivity index is 2.41. The summed E-state index contributed by atoms with van der Waals surface area (Å²) in [6, 6.07) is 5.64. The average Bonchev–Trinajstić information content (AvgIpc) is 2.16. The summed E-state index contributed by atoms with van der Waals surface area (Å²) in [5.74, 6) is 0.589. The SMILES string of the molecule is OC(CS)COc1ccc(F)cc1. The first-order chi connectivity index (χ1) is 6.22. The lowest BCUT2D eigenvalue weighted by atomic mass is 10.3. The fraction of sp³-hybridized carbons (Fsp3) is 0.333. The Morgan fingerprint density at radius 3 is 2.54 bits per heavy atom. The molecule has 0 spiro atoms. The van der Waals surface area contributed by atoms with Crippen LogP contribution in [-0.4, -0.2) is 23.6 Å². The summed E-state index contributed by atoms with van der Waals surface area (Å²) < 4.78 is 17.6. The molecule has 0 aliphatic heterocycles. The molecular weight excluding hydrogens is 191 g/mol. The second kappa shape index (κ2) is 5.09. The molecule has 0 aliphatic carbocycles. The minimum absolute atomic E-state index is 0.176. The second-order valence-electron chi connectivity index (χ2n) is 2.60. The van der Waals surface area contributed by atoms with Crippen molar-refractivity contribution in [2.45, 2.75) is 6.10 Å². The molecule has 0 bridgehead atoms. The largest absolute Gasteiger partial charge is 0.491 e. The van der Waals surface area contributed by atoms with Gasteiger partial charge in [-0.1, -0.05) is 0 Å². The zero-order valence-corrected chi connectivity index (χ0v) is 7.88. The zero-order valence-electron chi connectivity index (χ0n) is 6.98. The van der Waals surface area contributed by atoms with Crippen molar-refractivity contribution in [1.29, 1.82) is 0 Å². The highest BCUT2D eigenvalue weighted by atomic mass is 32.1. The average molecular weight is 202 g/mol. The fourth-order valence-corrected chi connectivity index (χ4v) is 0.881. The van der Waals surface area contributed by atoms with Gasteiger partial charge in [0.1, 0.15) is 18.2 Å². The molecule has 0 saturated carbocycles. The molecule has 0 aliphatic rings. The third-order valence-corrected chi connectivity index (χ3v) is 1.89. The van der Waals surface area contributed by atoms with Gasteiger partial charge in [0.2, 0.25) is 0 Å². The molecule has 1 aromatic carbocycles. The minimum Gasteiger partial charge on any atom is -0.491 e. The van der Waals surface area contributed by atoms with Crippen molar-refractivity contribution in [2.24, 2.45) is 0 Å². The molecule has 0 radical (unpaired) electrons. The van der Waals surface area contributed by atoms with Crippen molar-refractivity contribution in [1.82, 2.24) is 0 Å². The van der Waals surface area contributed by atoms with Crippen LogP contribution in [0.25, 0.3) is 0 Å². The van der Waals surface area contributed by atoms with Crippen LogP contribution >= 0.6 is 12.6 Å². The van der Waals surface area contributed by atoms with Crippen molar-refractivity contribution < 1.29 is 14.2 Å². The van der Waals surface area contributed by atoms with E-state index in [4.69, 9.17) is 9.84 Å². The van der Waals surface area contributed by atoms with Crippen LogP contribution in [0.4, 0.5) is 4.39 Å². The van der Waals surface area contributed by atoms with Crippen LogP contribution in [0.5, 0.6) is 5.75 Å². The van der Waals surface area contributed by atoms with Gasteiger partial charge in [-0.2, -0.15) is 12.6 Å². The molecule has 72 valence electrons. The number of hydrogen-bond donors (Lipinski definition) is 2. The van der Waals surface area contributed by atoms with Gasteiger partial charge in [0.25, 0.3) is 0 Å². The van der Waals surface area contributed by atoms with Gasteiger partial charge in [-0.3, -0.25) is 0 Å². The van der Waals surface area contributed by atoms with E-state index in [1.54, 1.807) is 0 Å². The lowest BCUT2D eigenvalue weighted by molar-refractivity contribution is 0.126. The number of benzene rings is 1. The van der Waals surface area contributed by atoms with Crippen molar-refractivity contribution >= 4 is 12.6 Å². The number of aliphatic hydroxyl groups is 1. The van der Waals surface area contributed by atoms with Crippen LogP contribution in [0, 0.1) is 5.82 Å². The summed E-state index contributed by atoms with van der Waals surface area (Å²) >= 11 is 3.89. The lowest BCUT2D eigenvalue weighted by Gasteiger charge is -2.09. The molecule has 2 nitrogen and oxygen atoms in total. The molecule has 0 aromatic heterocycles. The van der Waals surface area contributed by atoms with Crippen LogP contribution in [0.1, 0.15) is 0 Å². The third kappa shape index (κ3) is 3.65. The van der Waals surface area contributed by atoms with Gasteiger partial charge >= 0.3 is 0 Å². The Morgan fingerprint density at radius 2 is 2.00 bits per heavy atom. The molecule has 1 aromatic rings. The summed E-state index contributed by atoms with van der Waals surface area (Å²) in [6.45, 7) is 0.176. The Morgan fingerprint density at radius 1 is 1.38 bits per heavy atom. The van der Waals surface area contributed by atoms with E-state index < -0.39 is 6.10 Å². The number of halogens is 1. The molecule has 1 N–H and O–H groups in total. The van der Waals surface area contributed by atoms with Gasteiger partial charge < -0.3 is 9.84 Å². The van der Waals surface area contributed by atoms with Gasteiger partial charge in [-0.05, 0) is 24.3 Å². The van der Waals surface area contributed by atoms with Gasteiger partial charge in [0, 0.05) is 5.75 Å². The van der Waals surface area contributed by atoms with E-state index in [1.807, 2.05) is 0 Å². The van der Waals surface area contributed by atoms with Crippen molar-refractivity contribution in [3.63, 3.8) is 0 Å². The standard InChI is InChI=1S/C9H11FO2S/c10-7-1-3-9(4-2-7)12-5-8(11)6-13/h1-4,8,11,13H,5-6H2. The Bertz CT molecular complexity index is 250. The molecule has 0 amide bonds. The summed E-state index contributed by atoms with van der Waals surface area (Å²) in [7, 11) is 0. The highest BCUT2D eigenvalue weighted by molar-refractivity contribution is 7.80. The molecule has 4 heteroatoms. The Labute approximate surface area is 81.8 Å². The maximum atomic E-state index is 12.4. The van der Waals surface area contributed by atoms with Gasteiger partial charge in [0.05, 0.1) is 6.10 Å².